The summed E-state index contributed by atoms with van der Waals surface area (Å²) >= 11 is 0. The minimum atomic E-state index is -0.727. The van der Waals surface area contributed by atoms with Crippen molar-refractivity contribution in [3.63, 3.8) is 0 Å². The summed E-state index contributed by atoms with van der Waals surface area (Å²) in [4.78, 5) is 29.5. The number of nitrogens with zero attached hydrogens (tertiary/aromatic N) is 6. The van der Waals surface area contributed by atoms with Gasteiger partial charge in [-0.1, -0.05) is 26.0 Å². The number of carbonyl (C=O) groups is 2. The molecule has 2 fully saturated rings. The van der Waals surface area contributed by atoms with Gasteiger partial charge in [0, 0.05) is 32.5 Å². The smallest absolute Gasteiger partial charge is 0.248 e. The van der Waals surface area contributed by atoms with Gasteiger partial charge in [-0.25, -0.2) is 4.68 Å². The molecule has 1 aromatic heterocycles. The Hall–Kier alpha value is -2.51. The van der Waals surface area contributed by atoms with Gasteiger partial charge in [-0.05, 0) is 31.3 Å². The molecule has 0 spiro atoms. The van der Waals surface area contributed by atoms with Crippen LogP contribution >= 0.6 is 0 Å². The zero-order chi connectivity index (χ0) is 22.8. The molecule has 31 heavy (non-hydrogen) atoms. The van der Waals surface area contributed by atoms with E-state index in [1.54, 1.807) is 10.9 Å². The highest BCUT2D eigenvalue weighted by Gasteiger charge is 2.45. The van der Waals surface area contributed by atoms with Crippen LogP contribution in [0, 0.1) is 22.7 Å². The molecule has 0 bridgehead atoms. The van der Waals surface area contributed by atoms with Gasteiger partial charge < -0.3 is 15.3 Å². The minimum Gasteiger partial charge on any atom is -0.391 e. The Kier molecular flexibility index (Phi) is 6.96. The highest BCUT2D eigenvalue weighted by atomic mass is 16.3. The fraction of sp³-hybridized carbons (Fsp3) is 0.762. The molecule has 170 valence electrons. The van der Waals surface area contributed by atoms with Crippen molar-refractivity contribution in [3.8, 4) is 6.07 Å². The third-order valence-corrected chi connectivity index (χ3v) is 6.14. The molecular weight excluding hydrogens is 398 g/mol. The summed E-state index contributed by atoms with van der Waals surface area (Å²) in [6.45, 7) is 8.27. The van der Waals surface area contributed by atoms with Crippen LogP contribution in [0.25, 0.3) is 0 Å². The highest BCUT2D eigenvalue weighted by molar-refractivity contribution is 5.90. The summed E-state index contributed by atoms with van der Waals surface area (Å²) in [5.41, 5.74) is 0.287. The van der Waals surface area contributed by atoms with Crippen LogP contribution in [0.5, 0.6) is 0 Å². The monoisotopic (exact) mass is 431 g/mol. The summed E-state index contributed by atoms with van der Waals surface area (Å²) in [6, 6.07) is 0.985. The van der Waals surface area contributed by atoms with Gasteiger partial charge in [0.1, 0.15) is 12.1 Å². The van der Waals surface area contributed by atoms with Crippen molar-refractivity contribution in [1.29, 1.82) is 5.26 Å². The van der Waals surface area contributed by atoms with Gasteiger partial charge in [-0.15, -0.1) is 5.10 Å². The van der Waals surface area contributed by atoms with E-state index in [0.717, 1.165) is 31.6 Å². The van der Waals surface area contributed by atoms with Gasteiger partial charge in [-0.3, -0.25) is 14.5 Å². The number of aromatic nitrogens is 3. The van der Waals surface area contributed by atoms with E-state index >= 15 is 0 Å². The molecule has 0 aromatic carbocycles. The van der Waals surface area contributed by atoms with Crippen LogP contribution in [-0.4, -0.2) is 80.5 Å². The molecule has 2 saturated heterocycles. The molecule has 0 unspecified atom stereocenters. The molecule has 3 heterocycles. The summed E-state index contributed by atoms with van der Waals surface area (Å²) in [5.74, 6) is -0.402. The first-order valence-electron chi connectivity index (χ1n) is 10.9. The van der Waals surface area contributed by atoms with E-state index in [9.17, 15) is 14.7 Å². The van der Waals surface area contributed by atoms with Crippen molar-refractivity contribution >= 4 is 11.8 Å². The standard InChI is InChI=1S/C21H33N7O3/c1-21(2,3)18(20(31)27-13-16(29)9-17(27)19(30)23-4)28-12-15(24-25-28)11-26-7-5-14(10-22)6-8-26/h12,14,16-18,29H,5-9,11,13H2,1-4H3,(H,23,30)/t16-,17+,18-/m1/s1. The SMILES string of the molecule is CNC(=O)[C@@H]1C[C@@H](O)CN1C(=O)[C@@H](n1cc(CN2CCC(C#N)CC2)nn1)C(C)(C)C. The van der Waals surface area contributed by atoms with E-state index in [0.29, 0.717) is 6.54 Å². The molecule has 10 nitrogen and oxygen atoms in total. The fourth-order valence-electron chi connectivity index (χ4n) is 4.47. The number of hydrogen-bond acceptors (Lipinski definition) is 7. The number of nitriles is 1. The summed E-state index contributed by atoms with van der Waals surface area (Å²) < 4.78 is 1.59. The van der Waals surface area contributed by atoms with E-state index in [1.165, 1.54) is 11.9 Å². The lowest BCUT2D eigenvalue weighted by Crippen LogP contribution is -2.49. The zero-order valence-electron chi connectivity index (χ0n) is 18.8. The van der Waals surface area contributed by atoms with Gasteiger partial charge in [0.05, 0.1) is 24.1 Å². The average Bonchev–Trinajstić information content (AvgIpc) is 3.33. The molecule has 10 heteroatoms. The number of hydrogen-bond donors (Lipinski definition) is 2. The first-order valence-corrected chi connectivity index (χ1v) is 10.9. The lowest BCUT2D eigenvalue weighted by Gasteiger charge is -2.34. The highest BCUT2D eigenvalue weighted by Crippen LogP contribution is 2.34. The van der Waals surface area contributed by atoms with E-state index in [-0.39, 0.29) is 30.7 Å². The zero-order valence-corrected chi connectivity index (χ0v) is 18.8. The molecule has 2 aliphatic rings. The number of carbonyl (C=O) groups excluding carboxylic acids is 2. The van der Waals surface area contributed by atoms with Gasteiger partial charge in [0.25, 0.3) is 0 Å². The molecule has 0 aliphatic carbocycles. The predicted octanol–water partition coefficient (Wildman–Crippen LogP) is 0.309. The molecule has 2 aliphatic heterocycles. The predicted molar refractivity (Wildman–Crippen MR) is 112 cm³/mol. The normalized spacial score (nSPS) is 24.1. The van der Waals surface area contributed by atoms with Crippen LogP contribution in [-0.2, 0) is 16.1 Å². The molecule has 1 aromatic rings. The number of aliphatic hydroxyl groups excluding tert-OH is 1. The fourth-order valence-corrected chi connectivity index (χ4v) is 4.47. The average molecular weight is 432 g/mol. The van der Waals surface area contributed by atoms with E-state index in [2.05, 4.69) is 26.6 Å². The Morgan fingerprint density at radius 1 is 1.35 bits per heavy atom. The Labute approximate surface area is 183 Å². The number of β-amino-alcohol motifs (C(OH)–C–C–N with tert-alkyl or cyclic N) is 1. The molecule has 2 amide bonds. The largest absolute Gasteiger partial charge is 0.391 e. The molecule has 3 rings (SSSR count). The Balaban J connectivity index is 1.77. The topological polar surface area (TPSA) is 127 Å². The van der Waals surface area contributed by atoms with Gasteiger partial charge in [0.2, 0.25) is 11.8 Å². The van der Waals surface area contributed by atoms with E-state index in [1.807, 2.05) is 20.8 Å². The van der Waals surface area contributed by atoms with Crippen LogP contribution < -0.4 is 5.32 Å². The lowest BCUT2D eigenvalue weighted by atomic mass is 9.85. The van der Waals surface area contributed by atoms with Crippen molar-refractivity contribution < 1.29 is 14.7 Å². The Morgan fingerprint density at radius 3 is 2.61 bits per heavy atom. The Morgan fingerprint density at radius 2 is 2.03 bits per heavy atom. The van der Waals surface area contributed by atoms with E-state index < -0.39 is 23.6 Å². The van der Waals surface area contributed by atoms with Crippen molar-refractivity contribution in [2.45, 2.75) is 64.8 Å². The van der Waals surface area contributed by atoms with Crippen LogP contribution in [0.15, 0.2) is 6.20 Å². The third kappa shape index (κ3) is 5.22. The van der Waals surface area contributed by atoms with Crippen molar-refractivity contribution in [1.82, 2.24) is 30.1 Å². The second-order valence-electron chi connectivity index (χ2n) is 9.65. The molecular formula is C21H33N7O3. The van der Waals surface area contributed by atoms with Crippen LogP contribution in [0.2, 0.25) is 0 Å². The number of amides is 2. The molecule has 3 atom stereocenters. The maximum atomic E-state index is 13.5. The molecule has 0 radical (unpaired) electrons. The number of nitrogens with one attached hydrogen (secondary N) is 1. The van der Waals surface area contributed by atoms with Gasteiger partial charge in [-0.2, -0.15) is 5.26 Å². The second-order valence-corrected chi connectivity index (χ2v) is 9.65. The summed E-state index contributed by atoms with van der Waals surface area (Å²) in [5, 5.41) is 30.3. The summed E-state index contributed by atoms with van der Waals surface area (Å²) in [7, 11) is 1.53. The first kappa shape index (κ1) is 23.2. The Bertz CT molecular complexity index is 833. The number of aliphatic hydroxyl groups is 1. The van der Waals surface area contributed by atoms with Crippen LogP contribution in [0.1, 0.15) is 51.8 Å². The minimum absolute atomic E-state index is 0.124. The number of likely N-dealkylation sites (tertiary alicyclic amines) is 2. The van der Waals surface area contributed by atoms with Crippen molar-refractivity contribution in [2.75, 3.05) is 26.7 Å². The van der Waals surface area contributed by atoms with Crippen LogP contribution in [0.4, 0.5) is 0 Å². The maximum Gasteiger partial charge on any atom is 0.248 e. The van der Waals surface area contributed by atoms with E-state index in [4.69, 9.17) is 5.26 Å². The number of rotatable bonds is 5. The van der Waals surface area contributed by atoms with Crippen molar-refractivity contribution in [3.05, 3.63) is 11.9 Å². The quantitative estimate of drug-likeness (QED) is 0.687. The first-order chi connectivity index (χ1) is 14.6. The van der Waals surface area contributed by atoms with Gasteiger partial charge >= 0.3 is 0 Å². The van der Waals surface area contributed by atoms with Gasteiger partial charge in [0.15, 0.2) is 0 Å². The second kappa shape index (κ2) is 9.32. The molecule has 2 N–H and O–H groups in total. The number of piperidine rings is 1. The summed E-state index contributed by atoms with van der Waals surface area (Å²) in [6.07, 6.45) is 3.00. The maximum absolute atomic E-state index is 13.5. The third-order valence-electron chi connectivity index (χ3n) is 6.14. The van der Waals surface area contributed by atoms with Crippen LogP contribution in [0.3, 0.4) is 0 Å². The van der Waals surface area contributed by atoms with Crippen molar-refractivity contribution in [2.24, 2.45) is 11.3 Å². The molecule has 0 saturated carbocycles. The lowest BCUT2D eigenvalue weighted by molar-refractivity contribution is -0.144. The number of likely N-dealkylation sites (N-methyl/N-ethyl adjacent to an activating group) is 1.